The molecule has 0 aromatic heterocycles. The summed E-state index contributed by atoms with van der Waals surface area (Å²) in [7, 11) is 0. The van der Waals surface area contributed by atoms with Crippen LogP contribution in [-0.4, -0.2) is 11.6 Å². The highest BCUT2D eigenvalue weighted by atomic mass is 16.6. The number of hydrogen-bond donors (Lipinski definition) is 0. The van der Waals surface area contributed by atoms with Gasteiger partial charge in [-0.1, -0.05) is 19.9 Å². The van der Waals surface area contributed by atoms with E-state index in [4.69, 9.17) is 4.74 Å². The Bertz CT molecular complexity index is 224. The van der Waals surface area contributed by atoms with Gasteiger partial charge in [0, 0.05) is 5.57 Å². The van der Waals surface area contributed by atoms with E-state index < -0.39 is 0 Å². The summed E-state index contributed by atoms with van der Waals surface area (Å²) in [5.41, 5.74) is 0.317. The maximum atomic E-state index is 11.5. The number of ether oxygens (including phenoxy) is 1. The van der Waals surface area contributed by atoms with Crippen molar-refractivity contribution in [3.05, 3.63) is 12.2 Å². The topological polar surface area (TPSA) is 26.3 Å². The van der Waals surface area contributed by atoms with E-state index >= 15 is 0 Å². The lowest BCUT2D eigenvalue weighted by Gasteiger charge is -2.36. The number of rotatable bonds is 3. The first-order chi connectivity index (χ1) is 6.59. The smallest absolute Gasteiger partial charge is 0.333 e. The quantitative estimate of drug-likeness (QED) is 0.511. The van der Waals surface area contributed by atoms with Gasteiger partial charge in [0.05, 0.1) is 0 Å². The molecule has 0 spiro atoms. The molecule has 0 aliphatic heterocycles. The molecule has 1 fully saturated rings. The zero-order chi connectivity index (χ0) is 10.6. The van der Waals surface area contributed by atoms with Crippen molar-refractivity contribution in [2.75, 3.05) is 0 Å². The molecule has 1 rings (SSSR count). The summed E-state index contributed by atoms with van der Waals surface area (Å²) in [5, 5.41) is 0. The molecule has 2 nitrogen and oxygen atoms in total. The molecule has 0 radical (unpaired) electrons. The second-order valence-corrected chi connectivity index (χ2v) is 4.27. The first-order valence-electron chi connectivity index (χ1n) is 5.48. The second kappa shape index (κ2) is 4.63. The molecule has 0 heterocycles. The van der Waals surface area contributed by atoms with Gasteiger partial charge in [0.25, 0.3) is 0 Å². The van der Waals surface area contributed by atoms with Gasteiger partial charge in [-0.15, -0.1) is 0 Å². The van der Waals surface area contributed by atoms with Crippen LogP contribution < -0.4 is 0 Å². The van der Waals surface area contributed by atoms with Gasteiger partial charge in [-0.2, -0.15) is 0 Å². The third kappa shape index (κ3) is 2.60. The average Bonchev–Trinajstić information content (AvgIpc) is 2.19. The SMILES string of the molecule is C=C(C)C(=O)OC1(CC)CCCCC1. The molecule has 0 unspecified atom stereocenters. The normalized spacial score (nSPS) is 20.1. The lowest BCUT2D eigenvalue weighted by Crippen LogP contribution is -2.36. The van der Waals surface area contributed by atoms with E-state index in [1.165, 1.54) is 19.3 Å². The van der Waals surface area contributed by atoms with Crippen LogP contribution in [0.1, 0.15) is 52.4 Å². The molecule has 0 amide bonds. The van der Waals surface area contributed by atoms with Gasteiger partial charge in [-0.25, -0.2) is 4.79 Å². The van der Waals surface area contributed by atoms with Crippen molar-refractivity contribution in [3.63, 3.8) is 0 Å². The molecule has 80 valence electrons. The third-order valence-electron chi connectivity index (χ3n) is 3.07. The molecule has 1 saturated carbocycles. The minimum Gasteiger partial charge on any atom is -0.456 e. The zero-order valence-electron chi connectivity index (χ0n) is 9.27. The Morgan fingerprint density at radius 3 is 2.36 bits per heavy atom. The Morgan fingerprint density at radius 1 is 1.36 bits per heavy atom. The summed E-state index contributed by atoms with van der Waals surface area (Å²) in [6.45, 7) is 7.41. The van der Waals surface area contributed by atoms with Gasteiger partial charge in [0.15, 0.2) is 0 Å². The van der Waals surface area contributed by atoms with Crippen LogP contribution in [0.25, 0.3) is 0 Å². The van der Waals surface area contributed by atoms with E-state index in [-0.39, 0.29) is 11.6 Å². The van der Waals surface area contributed by atoms with Crippen molar-refractivity contribution >= 4 is 5.97 Å². The van der Waals surface area contributed by atoms with Crippen molar-refractivity contribution in [2.24, 2.45) is 0 Å². The highest BCUT2D eigenvalue weighted by molar-refractivity contribution is 5.87. The largest absolute Gasteiger partial charge is 0.456 e. The van der Waals surface area contributed by atoms with Crippen molar-refractivity contribution in [2.45, 2.75) is 58.0 Å². The van der Waals surface area contributed by atoms with E-state index in [1.807, 2.05) is 0 Å². The summed E-state index contributed by atoms with van der Waals surface area (Å²) in [5.74, 6) is -0.228. The highest BCUT2D eigenvalue weighted by Gasteiger charge is 2.33. The molecule has 1 aliphatic carbocycles. The van der Waals surface area contributed by atoms with Gasteiger partial charge in [0.1, 0.15) is 5.60 Å². The van der Waals surface area contributed by atoms with Gasteiger partial charge in [-0.3, -0.25) is 0 Å². The first-order valence-corrected chi connectivity index (χ1v) is 5.48. The van der Waals surface area contributed by atoms with E-state index in [1.54, 1.807) is 6.92 Å². The van der Waals surface area contributed by atoms with Gasteiger partial charge in [-0.05, 0) is 39.0 Å². The number of hydrogen-bond acceptors (Lipinski definition) is 2. The molecular weight excluding hydrogens is 176 g/mol. The minimum atomic E-state index is -0.228. The van der Waals surface area contributed by atoms with Crippen LogP contribution in [0.3, 0.4) is 0 Å². The van der Waals surface area contributed by atoms with Crippen molar-refractivity contribution < 1.29 is 9.53 Å². The summed E-state index contributed by atoms with van der Waals surface area (Å²) in [4.78, 5) is 11.5. The standard InChI is InChI=1S/C12H20O2/c1-4-12(8-6-5-7-9-12)14-11(13)10(2)3/h2,4-9H2,1,3H3. The Morgan fingerprint density at radius 2 is 1.93 bits per heavy atom. The summed E-state index contributed by atoms with van der Waals surface area (Å²) >= 11 is 0. The predicted molar refractivity (Wildman–Crippen MR) is 57.0 cm³/mol. The van der Waals surface area contributed by atoms with Crippen molar-refractivity contribution in [1.82, 2.24) is 0 Å². The number of esters is 1. The maximum absolute atomic E-state index is 11.5. The molecular formula is C12H20O2. The van der Waals surface area contributed by atoms with Crippen LogP contribution in [0, 0.1) is 0 Å². The molecule has 0 aromatic rings. The van der Waals surface area contributed by atoms with Crippen LogP contribution in [0.5, 0.6) is 0 Å². The highest BCUT2D eigenvalue weighted by Crippen LogP contribution is 2.34. The molecule has 2 heteroatoms. The van der Waals surface area contributed by atoms with Crippen molar-refractivity contribution in [3.8, 4) is 0 Å². The number of carbonyl (C=O) groups is 1. The van der Waals surface area contributed by atoms with Gasteiger partial charge in [0.2, 0.25) is 0 Å². The van der Waals surface area contributed by atoms with Gasteiger partial charge >= 0.3 is 5.97 Å². The summed E-state index contributed by atoms with van der Waals surface area (Å²) in [6.07, 6.45) is 6.58. The Labute approximate surface area is 86.3 Å². The fraction of sp³-hybridized carbons (Fsp3) is 0.750. The molecule has 0 bridgehead atoms. The summed E-state index contributed by atoms with van der Waals surface area (Å²) < 4.78 is 5.55. The molecule has 0 N–H and O–H groups in total. The fourth-order valence-electron chi connectivity index (χ4n) is 2.01. The van der Waals surface area contributed by atoms with Crippen LogP contribution in [-0.2, 0) is 9.53 Å². The Hall–Kier alpha value is -0.790. The van der Waals surface area contributed by atoms with E-state index in [9.17, 15) is 4.79 Å². The first kappa shape index (κ1) is 11.3. The number of carbonyl (C=O) groups excluding carboxylic acids is 1. The van der Waals surface area contributed by atoms with E-state index in [2.05, 4.69) is 13.5 Å². The van der Waals surface area contributed by atoms with E-state index in [0.717, 1.165) is 19.3 Å². The van der Waals surface area contributed by atoms with E-state index in [0.29, 0.717) is 5.57 Å². The van der Waals surface area contributed by atoms with Crippen LogP contribution in [0.4, 0.5) is 0 Å². The maximum Gasteiger partial charge on any atom is 0.333 e. The van der Waals surface area contributed by atoms with Crippen molar-refractivity contribution in [1.29, 1.82) is 0 Å². The molecule has 14 heavy (non-hydrogen) atoms. The summed E-state index contributed by atoms with van der Waals surface area (Å²) in [6, 6.07) is 0. The minimum absolute atomic E-state index is 0.186. The fourth-order valence-corrected chi connectivity index (χ4v) is 2.01. The lowest BCUT2D eigenvalue weighted by atomic mass is 9.82. The molecule has 0 saturated heterocycles. The zero-order valence-corrected chi connectivity index (χ0v) is 9.27. The average molecular weight is 196 g/mol. The monoisotopic (exact) mass is 196 g/mol. The second-order valence-electron chi connectivity index (χ2n) is 4.27. The third-order valence-corrected chi connectivity index (χ3v) is 3.07. The van der Waals surface area contributed by atoms with Crippen LogP contribution in [0.15, 0.2) is 12.2 Å². The Balaban J connectivity index is 2.60. The molecule has 1 aliphatic rings. The molecule has 0 aromatic carbocycles. The lowest BCUT2D eigenvalue weighted by molar-refractivity contribution is -0.158. The van der Waals surface area contributed by atoms with Crippen LogP contribution >= 0.6 is 0 Å². The van der Waals surface area contributed by atoms with Crippen LogP contribution in [0.2, 0.25) is 0 Å². The predicted octanol–water partition coefficient (Wildman–Crippen LogP) is 3.22. The molecule has 0 atom stereocenters. The Kier molecular flexibility index (Phi) is 3.73. The van der Waals surface area contributed by atoms with Gasteiger partial charge < -0.3 is 4.74 Å².